The molecule has 0 aliphatic heterocycles. The van der Waals surface area contributed by atoms with Gasteiger partial charge in [-0.2, -0.15) is 5.26 Å². The quantitative estimate of drug-likeness (QED) is 0.491. The van der Waals surface area contributed by atoms with E-state index in [1.54, 1.807) is 6.07 Å². The topological polar surface area (TPSA) is 62.1 Å². The van der Waals surface area contributed by atoms with Gasteiger partial charge in [-0.1, -0.05) is 39.0 Å². The highest BCUT2D eigenvalue weighted by atomic mass is 32.2. The minimum absolute atomic E-state index is 0.0541. The van der Waals surface area contributed by atoms with Crippen LogP contribution in [0.5, 0.6) is 5.75 Å². The van der Waals surface area contributed by atoms with Gasteiger partial charge in [0.05, 0.1) is 18.4 Å². The van der Waals surface area contributed by atoms with Crippen LogP contribution in [0.2, 0.25) is 0 Å². The zero-order valence-corrected chi connectivity index (χ0v) is 16.9. The van der Waals surface area contributed by atoms with E-state index in [4.69, 9.17) is 10.00 Å². The highest BCUT2D eigenvalue weighted by Gasteiger charge is 2.13. The Bertz CT molecular complexity index is 789. The summed E-state index contributed by atoms with van der Waals surface area (Å²) in [5, 5.41) is 11.4. The number of carbonyl (C=O) groups is 1. The number of thioether (sulfide) groups is 1. The molecule has 0 atom stereocenters. The average molecular weight is 383 g/mol. The summed E-state index contributed by atoms with van der Waals surface area (Å²) in [7, 11) is 0. The van der Waals surface area contributed by atoms with Crippen LogP contribution in [0.3, 0.4) is 0 Å². The first-order valence-corrected chi connectivity index (χ1v) is 10.00. The molecule has 5 heteroatoms. The molecular formula is C22H26N2O2S. The first kappa shape index (κ1) is 20.9. The largest absolute Gasteiger partial charge is 0.493 e. The van der Waals surface area contributed by atoms with Gasteiger partial charge in [0.25, 0.3) is 0 Å². The van der Waals surface area contributed by atoms with Crippen molar-refractivity contribution in [2.75, 3.05) is 17.7 Å². The van der Waals surface area contributed by atoms with Crippen LogP contribution >= 0.6 is 11.8 Å². The fourth-order valence-corrected chi connectivity index (χ4v) is 3.10. The number of unbranched alkanes of at least 4 members (excludes halogenated alkanes) is 1. The third kappa shape index (κ3) is 7.36. The summed E-state index contributed by atoms with van der Waals surface area (Å²) in [4.78, 5) is 13.3. The van der Waals surface area contributed by atoms with Crippen LogP contribution in [-0.4, -0.2) is 18.3 Å². The SMILES string of the molecule is CC(C)(C)c1ccc(SCC(=O)Nc2cccc(OCCCC#N)c2)cc1. The summed E-state index contributed by atoms with van der Waals surface area (Å²) in [5.41, 5.74) is 2.12. The van der Waals surface area contributed by atoms with Gasteiger partial charge in [0.2, 0.25) is 5.91 Å². The molecule has 4 nitrogen and oxygen atoms in total. The van der Waals surface area contributed by atoms with Crippen molar-refractivity contribution in [3.8, 4) is 11.8 Å². The fourth-order valence-electron chi connectivity index (χ4n) is 2.40. The van der Waals surface area contributed by atoms with Gasteiger partial charge < -0.3 is 10.1 Å². The number of hydrogen-bond donors (Lipinski definition) is 1. The smallest absolute Gasteiger partial charge is 0.234 e. The predicted molar refractivity (Wildman–Crippen MR) is 111 cm³/mol. The molecular weight excluding hydrogens is 356 g/mol. The van der Waals surface area contributed by atoms with Crippen LogP contribution in [0.25, 0.3) is 0 Å². The van der Waals surface area contributed by atoms with Crippen LogP contribution in [0.4, 0.5) is 5.69 Å². The van der Waals surface area contributed by atoms with Crippen molar-refractivity contribution in [2.24, 2.45) is 0 Å². The van der Waals surface area contributed by atoms with Gasteiger partial charge in [0.1, 0.15) is 5.75 Å². The standard InChI is InChI=1S/C22H26N2O2S/c1-22(2,3)17-9-11-20(12-10-17)27-16-21(25)24-18-7-6-8-19(15-18)26-14-5-4-13-23/h6-12,15H,4-5,14,16H2,1-3H3,(H,24,25). The molecule has 142 valence electrons. The molecule has 0 aromatic heterocycles. The van der Waals surface area contributed by atoms with Crippen molar-refractivity contribution in [1.82, 2.24) is 0 Å². The van der Waals surface area contributed by atoms with Gasteiger partial charge in [-0.3, -0.25) is 4.79 Å². The second-order valence-corrected chi connectivity index (χ2v) is 8.30. The number of ether oxygens (including phenoxy) is 1. The number of nitriles is 1. The molecule has 0 aliphatic carbocycles. The van der Waals surface area contributed by atoms with Crippen molar-refractivity contribution in [1.29, 1.82) is 5.26 Å². The van der Waals surface area contributed by atoms with Crippen LogP contribution in [-0.2, 0) is 10.2 Å². The van der Waals surface area contributed by atoms with Gasteiger partial charge in [0.15, 0.2) is 0 Å². The lowest BCUT2D eigenvalue weighted by atomic mass is 9.87. The van der Waals surface area contributed by atoms with E-state index in [1.165, 1.54) is 17.3 Å². The molecule has 0 aliphatic rings. The number of anilines is 1. The number of benzene rings is 2. The molecule has 27 heavy (non-hydrogen) atoms. The van der Waals surface area contributed by atoms with E-state index in [0.29, 0.717) is 36.6 Å². The molecule has 2 rings (SSSR count). The van der Waals surface area contributed by atoms with Crippen LogP contribution < -0.4 is 10.1 Å². The molecule has 0 unspecified atom stereocenters. The molecule has 0 radical (unpaired) electrons. The van der Waals surface area contributed by atoms with Crippen LogP contribution in [0.1, 0.15) is 39.2 Å². The first-order valence-electron chi connectivity index (χ1n) is 9.01. The Labute approximate surface area is 165 Å². The third-order valence-corrected chi connectivity index (χ3v) is 4.92. The summed E-state index contributed by atoms with van der Waals surface area (Å²) in [6.07, 6.45) is 1.17. The second kappa shape index (κ2) is 10.0. The van der Waals surface area contributed by atoms with E-state index in [9.17, 15) is 4.79 Å². The molecule has 0 saturated carbocycles. The Hall–Kier alpha value is -2.45. The van der Waals surface area contributed by atoms with Crippen molar-refractivity contribution in [3.63, 3.8) is 0 Å². The molecule has 2 aromatic carbocycles. The number of amides is 1. The van der Waals surface area contributed by atoms with Gasteiger partial charge in [-0.15, -0.1) is 11.8 Å². The summed E-state index contributed by atoms with van der Waals surface area (Å²) in [5.74, 6) is 0.986. The Balaban J connectivity index is 1.82. The highest BCUT2D eigenvalue weighted by Crippen LogP contribution is 2.26. The summed E-state index contributed by atoms with van der Waals surface area (Å²) in [6.45, 7) is 7.04. The minimum atomic E-state index is -0.0541. The summed E-state index contributed by atoms with van der Waals surface area (Å²) < 4.78 is 5.59. The molecule has 1 amide bonds. The zero-order chi connectivity index (χ0) is 19.7. The van der Waals surface area contributed by atoms with Crippen molar-refractivity contribution >= 4 is 23.4 Å². The maximum absolute atomic E-state index is 12.2. The van der Waals surface area contributed by atoms with E-state index >= 15 is 0 Å². The Morgan fingerprint density at radius 2 is 1.93 bits per heavy atom. The molecule has 0 bridgehead atoms. The average Bonchev–Trinajstić information content (AvgIpc) is 2.63. The number of rotatable bonds is 8. The number of nitrogens with one attached hydrogen (secondary N) is 1. The second-order valence-electron chi connectivity index (χ2n) is 7.25. The molecule has 0 fully saturated rings. The van der Waals surface area contributed by atoms with Gasteiger partial charge in [-0.05, 0) is 41.7 Å². The van der Waals surface area contributed by atoms with Crippen molar-refractivity contribution < 1.29 is 9.53 Å². The van der Waals surface area contributed by atoms with Crippen LogP contribution in [0.15, 0.2) is 53.4 Å². The normalized spacial score (nSPS) is 10.9. The van der Waals surface area contributed by atoms with Crippen molar-refractivity contribution in [2.45, 2.75) is 43.9 Å². The van der Waals surface area contributed by atoms with E-state index in [0.717, 1.165) is 4.90 Å². The van der Waals surface area contributed by atoms with E-state index < -0.39 is 0 Å². The monoisotopic (exact) mass is 382 g/mol. The fraction of sp³-hybridized carbons (Fsp3) is 0.364. The maximum Gasteiger partial charge on any atom is 0.234 e. The molecule has 2 aromatic rings. The molecule has 0 spiro atoms. The predicted octanol–water partition coefficient (Wildman–Crippen LogP) is 5.40. The Kier molecular flexibility index (Phi) is 7.75. The van der Waals surface area contributed by atoms with Gasteiger partial charge in [-0.25, -0.2) is 0 Å². The highest BCUT2D eigenvalue weighted by molar-refractivity contribution is 8.00. The Morgan fingerprint density at radius 3 is 2.59 bits per heavy atom. The maximum atomic E-state index is 12.2. The Morgan fingerprint density at radius 1 is 1.19 bits per heavy atom. The third-order valence-electron chi connectivity index (χ3n) is 3.91. The number of hydrogen-bond acceptors (Lipinski definition) is 4. The number of nitrogens with zero attached hydrogens (tertiary/aromatic N) is 1. The molecule has 0 saturated heterocycles. The van der Waals surface area contributed by atoms with E-state index in [1.807, 2.05) is 18.2 Å². The number of carbonyl (C=O) groups excluding carboxylic acids is 1. The van der Waals surface area contributed by atoms with Gasteiger partial charge >= 0.3 is 0 Å². The lowest BCUT2D eigenvalue weighted by molar-refractivity contribution is -0.113. The minimum Gasteiger partial charge on any atom is -0.493 e. The lowest BCUT2D eigenvalue weighted by Gasteiger charge is -2.19. The molecule has 1 N–H and O–H groups in total. The van der Waals surface area contributed by atoms with Crippen LogP contribution in [0, 0.1) is 11.3 Å². The van der Waals surface area contributed by atoms with Gasteiger partial charge in [0, 0.05) is 23.1 Å². The zero-order valence-electron chi connectivity index (χ0n) is 16.1. The molecule has 0 heterocycles. The van der Waals surface area contributed by atoms with E-state index in [2.05, 4.69) is 56.4 Å². The first-order chi connectivity index (χ1) is 12.9. The lowest BCUT2D eigenvalue weighted by Crippen LogP contribution is -2.14. The van der Waals surface area contributed by atoms with Crippen molar-refractivity contribution in [3.05, 3.63) is 54.1 Å². The summed E-state index contributed by atoms with van der Waals surface area (Å²) in [6, 6.07) is 17.8. The van der Waals surface area contributed by atoms with E-state index in [-0.39, 0.29) is 11.3 Å². The summed E-state index contributed by atoms with van der Waals surface area (Å²) >= 11 is 1.52.